The summed E-state index contributed by atoms with van der Waals surface area (Å²) in [7, 11) is 0. The Bertz CT molecular complexity index is 419. The van der Waals surface area contributed by atoms with Crippen molar-refractivity contribution in [3.63, 3.8) is 0 Å². The smallest absolute Gasteiger partial charge is 0.396 e. The molecule has 0 fully saturated rings. The van der Waals surface area contributed by atoms with Crippen molar-refractivity contribution in [2.45, 2.75) is 32.4 Å². The van der Waals surface area contributed by atoms with Crippen LogP contribution < -0.4 is 0 Å². The summed E-state index contributed by atoms with van der Waals surface area (Å²) in [5, 5.41) is 8.81. The fraction of sp³-hybridized carbons (Fsp3) is 0.500. The van der Waals surface area contributed by atoms with Gasteiger partial charge in [0.15, 0.2) is 0 Å². The van der Waals surface area contributed by atoms with Crippen molar-refractivity contribution in [1.82, 2.24) is 9.97 Å². The topological polar surface area (TPSA) is 63.1 Å². The van der Waals surface area contributed by atoms with Gasteiger partial charge in [-0.3, -0.25) is 0 Å². The summed E-state index contributed by atoms with van der Waals surface area (Å²) in [6, 6.07) is 0. The first kappa shape index (κ1) is 13.4. The lowest BCUT2D eigenvalue weighted by Gasteiger charge is -2.08. The molecule has 0 aliphatic rings. The SMILES string of the molecule is CCCc1nc(CC(F)(F)F)ncc1C(=O)O. The van der Waals surface area contributed by atoms with Crippen molar-refractivity contribution in [1.29, 1.82) is 0 Å². The number of nitrogens with zero attached hydrogens (tertiary/aromatic N) is 2. The highest BCUT2D eigenvalue weighted by Gasteiger charge is 2.29. The Morgan fingerprint density at radius 1 is 1.47 bits per heavy atom. The van der Waals surface area contributed by atoms with Gasteiger partial charge in [0, 0.05) is 6.20 Å². The second-order valence-electron chi connectivity index (χ2n) is 3.49. The van der Waals surface area contributed by atoms with Gasteiger partial charge in [-0.25, -0.2) is 14.8 Å². The summed E-state index contributed by atoms with van der Waals surface area (Å²) in [5.74, 6) is -1.63. The molecular weight excluding hydrogens is 237 g/mol. The van der Waals surface area contributed by atoms with Crippen molar-refractivity contribution in [2.24, 2.45) is 0 Å². The van der Waals surface area contributed by atoms with Crippen molar-refractivity contribution in [3.05, 3.63) is 23.3 Å². The number of carboxylic acids is 1. The van der Waals surface area contributed by atoms with E-state index in [0.717, 1.165) is 6.20 Å². The lowest BCUT2D eigenvalue weighted by molar-refractivity contribution is -0.128. The van der Waals surface area contributed by atoms with E-state index < -0.39 is 24.4 Å². The molecule has 0 radical (unpaired) electrons. The maximum Gasteiger partial charge on any atom is 0.396 e. The van der Waals surface area contributed by atoms with E-state index in [-0.39, 0.29) is 11.3 Å². The lowest BCUT2D eigenvalue weighted by atomic mass is 10.1. The zero-order valence-electron chi connectivity index (χ0n) is 9.08. The summed E-state index contributed by atoms with van der Waals surface area (Å²) in [4.78, 5) is 17.9. The standard InChI is InChI=1S/C10H11F3N2O2/c1-2-3-7-6(9(16)17)5-14-8(15-7)4-10(11,12)13/h5H,2-4H2,1H3,(H,16,17). The van der Waals surface area contributed by atoms with Gasteiger partial charge in [0.05, 0.1) is 11.3 Å². The molecule has 0 aliphatic carbocycles. The lowest BCUT2D eigenvalue weighted by Crippen LogP contribution is -2.16. The number of hydrogen-bond donors (Lipinski definition) is 1. The molecule has 1 rings (SSSR count). The van der Waals surface area contributed by atoms with Gasteiger partial charge in [0.1, 0.15) is 12.2 Å². The fourth-order valence-electron chi connectivity index (χ4n) is 1.33. The molecule has 0 spiro atoms. The van der Waals surface area contributed by atoms with Crippen molar-refractivity contribution < 1.29 is 23.1 Å². The average Bonchev–Trinajstić information content (AvgIpc) is 2.15. The van der Waals surface area contributed by atoms with E-state index >= 15 is 0 Å². The number of aromatic nitrogens is 2. The van der Waals surface area contributed by atoms with Gasteiger partial charge >= 0.3 is 12.1 Å². The number of halogens is 3. The van der Waals surface area contributed by atoms with Crippen LogP contribution in [0.3, 0.4) is 0 Å². The Hall–Kier alpha value is -1.66. The largest absolute Gasteiger partial charge is 0.478 e. The predicted octanol–water partition coefficient (Wildman–Crippen LogP) is 2.23. The van der Waals surface area contributed by atoms with Crippen molar-refractivity contribution >= 4 is 5.97 Å². The van der Waals surface area contributed by atoms with E-state index in [1.165, 1.54) is 0 Å². The maximum atomic E-state index is 12.1. The van der Waals surface area contributed by atoms with Crippen LogP contribution in [-0.4, -0.2) is 27.2 Å². The minimum Gasteiger partial charge on any atom is -0.478 e. The summed E-state index contributed by atoms with van der Waals surface area (Å²) in [6.07, 6.45) is -3.79. The molecule has 1 heterocycles. The average molecular weight is 248 g/mol. The molecule has 7 heteroatoms. The van der Waals surface area contributed by atoms with Gasteiger partial charge in [-0.05, 0) is 6.42 Å². The van der Waals surface area contributed by atoms with Crippen LogP contribution in [-0.2, 0) is 12.8 Å². The number of aromatic carboxylic acids is 1. The Morgan fingerprint density at radius 3 is 2.59 bits per heavy atom. The normalized spacial score (nSPS) is 11.5. The number of hydrogen-bond acceptors (Lipinski definition) is 3. The third-order valence-corrected chi connectivity index (χ3v) is 1.99. The minimum absolute atomic E-state index is 0.141. The Labute approximate surface area is 95.5 Å². The van der Waals surface area contributed by atoms with Crippen LogP contribution in [0.1, 0.15) is 35.2 Å². The van der Waals surface area contributed by atoms with E-state index in [1.807, 2.05) is 0 Å². The maximum absolute atomic E-state index is 12.1. The highest BCUT2D eigenvalue weighted by atomic mass is 19.4. The zero-order chi connectivity index (χ0) is 13.1. The molecule has 4 nitrogen and oxygen atoms in total. The molecule has 94 valence electrons. The van der Waals surface area contributed by atoms with Crippen LogP contribution in [0.2, 0.25) is 0 Å². The molecule has 0 aliphatic heterocycles. The quantitative estimate of drug-likeness (QED) is 0.887. The third kappa shape index (κ3) is 4.01. The van der Waals surface area contributed by atoms with Crippen LogP contribution in [0.25, 0.3) is 0 Å². The second kappa shape index (κ2) is 5.11. The van der Waals surface area contributed by atoms with Gasteiger partial charge in [-0.15, -0.1) is 0 Å². The predicted molar refractivity (Wildman–Crippen MR) is 52.7 cm³/mol. The summed E-state index contributed by atoms with van der Waals surface area (Å²) in [6.45, 7) is 1.79. The zero-order valence-corrected chi connectivity index (χ0v) is 9.08. The molecule has 0 unspecified atom stereocenters. The highest BCUT2D eigenvalue weighted by molar-refractivity contribution is 5.88. The summed E-state index contributed by atoms with van der Waals surface area (Å²) in [5.41, 5.74) is 0.00650. The molecule has 0 atom stereocenters. The van der Waals surface area contributed by atoms with E-state index in [4.69, 9.17) is 5.11 Å². The van der Waals surface area contributed by atoms with E-state index in [0.29, 0.717) is 12.8 Å². The molecular formula is C10H11F3N2O2. The molecule has 1 N–H and O–H groups in total. The molecule has 17 heavy (non-hydrogen) atoms. The van der Waals surface area contributed by atoms with Gasteiger partial charge in [0.2, 0.25) is 0 Å². The van der Waals surface area contributed by atoms with E-state index in [9.17, 15) is 18.0 Å². The fourth-order valence-corrected chi connectivity index (χ4v) is 1.33. The molecule has 0 saturated heterocycles. The van der Waals surface area contributed by atoms with Gasteiger partial charge in [-0.1, -0.05) is 13.3 Å². The highest BCUT2D eigenvalue weighted by Crippen LogP contribution is 2.20. The summed E-state index contributed by atoms with van der Waals surface area (Å²) < 4.78 is 36.4. The first-order chi connectivity index (χ1) is 7.83. The number of aryl methyl sites for hydroxylation is 1. The van der Waals surface area contributed by atoms with Crippen LogP contribution in [0, 0.1) is 0 Å². The number of carbonyl (C=O) groups is 1. The number of carboxylic acid groups (broad SMARTS) is 1. The van der Waals surface area contributed by atoms with Gasteiger partial charge < -0.3 is 5.11 Å². The van der Waals surface area contributed by atoms with Crippen molar-refractivity contribution in [3.8, 4) is 0 Å². The molecule has 0 bridgehead atoms. The van der Waals surface area contributed by atoms with Crippen LogP contribution in [0.5, 0.6) is 0 Å². The second-order valence-corrected chi connectivity index (χ2v) is 3.49. The summed E-state index contributed by atoms with van der Waals surface area (Å²) >= 11 is 0. The first-order valence-corrected chi connectivity index (χ1v) is 4.98. The Balaban J connectivity index is 3.05. The number of rotatable bonds is 4. The van der Waals surface area contributed by atoms with E-state index in [1.54, 1.807) is 6.92 Å². The van der Waals surface area contributed by atoms with Crippen LogP contribution in [0.4, 0.5) is 13.2 Å². The van der Waals surface area contributed by atoms with Crippen LogP contribution >= 0.6 is 0 Å². The molecule has 0 amide bonds. The third-order valence-electron chi connectivity index (χ3n) is 1.99. The number of alkyl halides is 3. The molecule has 1 aromatic rings. The van der Waals surface area contributed by atoms with Gasteiger partial charge in [-0.2, -0.15) is 13.2 Å². The Morgan fingerprint density at radius 2 is 2.12 bits per heavy atom. The van der Waals surface area contributed by atoms with Crippen LogP contribution in [0.15, 0.2) is 6.20 Å². The molecule has 1 aromatic heterocycles. The Kier molecular flexibility index (Phi) is 4.03. The minimum atomic E-state index is -4.39. The van der Waals surface area contributed by atoms with Crippen molar-refractivity contribution in [2.75, 3.05) is 0 Å². The molecule has 0 saturated carbocycles. The van der Waals surface area contributed by atoms with Gasteiger partial charge in [0.25, 0.3) is 0 Å². The monoisotopic (exact) mass is 248 g/mol. The van der Waals surface area contributed by atoms with E-state index in [2.05, 4.69) is 9.97 Å². The first-order valence-electron chi connectivity index (χ1n) is 4.98. The molecule has 0 aromatic carbocycles.